The molecule has 0 aliphatic carbocycles. The van der Waals surface area contributed by atoms with E-state index in [1.165, 1.54) is 0 Å². The van der Waals surface area contributed by atoms with Gasteiger partial charge >= 0.3 is 0 Å². The first kappa shape index (κ1) is 10.2. The van der Waals surface area contributed by atoms with Gasteiger partial charge < -0.3 is 9.47 Å². The van der Waals surface area contributed by atoms with Gasteiger partial charge in [-0.3, -0.25) is 0 Å². The molecule has 0 fully saturated rings. The fraction of sp³-hybridized carbons (Fsp3) is 0.455. The second kappa shape index (κ2) is 5.00. The van der Waals surface area contributed by atoms with Crippen LogP contribution in [0.4, 0.5) is 0 Å². The van der Waals surface area contributed by atoms with Crippen LogP contribution in [-0.4, -0.2) is 20.3 Å². The Hall–Kier alpha value is -0.860. The lowest BCUT2D eigenvalue weighted by Crippen LogP contribution is -2.18. The smallest absolute Gasteiger partial charge is 0.108 e. The highest BCUT2D eigenvalue weighted by Crippen LogP contribution is 2.21. The van der Waals surface area contributed by atoms with Crippen LogP contribution in [-0.2, 0) is 9.47 Å². The van der Waals surface area contributed by atoms with Gasteiger partial charge in [-0.25, -0.2) is 0 Å². The molecule has 0 amide bonds. The van der Waals surface area contributed by atoms with Crippen LogP contribution < -0.4 is 0 Å². The van der Waals surface area contributed by atoms with Crippen molar-refractivity contribution in [2.75, 3.05) is 14.2 Å². The highest BCUT2D eigenvalue weighted by Gasteiger charge is 2.17. The maximum absolute atomic E-state index is 5.36. The van der Waals surface area contributed by atoms with Crippen LogP contribution in [0.2, 0.25) is 0 Å². The molecule has 0 heterocycles. The van der Waals surface area contributed by atoms with Crippen molar-refractivity contribution in [3.63, 3.8) is 0 Å². The zero-order valence-electron chi connectivity index (χ0n) is 8.36. The summed E-state index contributed by atoms with van der Waals surface area (Å²) in [6.07, 6.45) is 0.0959. The van der Waals surface area contributed by atoms with Gasteiger partial charge in [-0.15, -0.1) is 0 Å². The Kier molecular flexibility index (Phi) is 3.93. The predicted octanol–water partition coefficient (Wildman–Crippen LogP) is 2.41. The zero-order valence-corrected chi connectivity index (χ0v) is 8.36. The molecule has 0 saturated heterocycles. The Morgan fingerprint density at radius 1 is 1.00 bits per heavy atom. The molecular weight excluding hydrogens is 164 g/mol. The van der Waals surface area contributed by atoms with E-state index in [-0.39, 0.29) is 12.2 Å². The first-order chi connectivity index (χ1) is 6.29. The van der Waals surface area contributed by atoms with Crippen LogP contribution in [0.5, 0.6) is 0 Å². The van der Waals surface area contributed by atoms with Crippen molar-refractivity contribution in [2.24, 2.45) is 0 Å². The molecule has 2 heteroatoms. The summed E-state index contributed by atoms with van der Waals surface area (Å²) in [4.78, 5) is 0. The molecule has 72 valence electrons. The summed E-state index contributed by atoms with van der Waals surface area (Å²) in [5.41, 5.74) is 1.15. The molecule has 0 radical (unpaired) electrons. The third-order valence-corrected chi connectivity index (χ3v) is 2.18. The minimum atomic E-state index is 0.0196. The summed E-state index contributed by atoms with van der Waals surface area (Å²) >= 11 is 0. The van der Waals surface area contributed by atoms with Crippen LogP contribution in [0.1, 0.15) is 18.6 Å². The van der Waals surface area contributed by atoms with E-state index in [9.17, 15) is 0 Å². The van der Waals surface area contributed by atoms with Crippen molar-refractivity contribution in [1.29, 1.82) is 0 Å². The van der Waals surface area contributed by atoms with Crippen LogP contribution >= 0.6 is 0 Å². The molecule has 1 aromatic carbocycles. The number of ether oxygens (including phenoxy) is 2. The van der Waals surface area contributed by atoms with Crippen LogP contribution in [0, 0.1) is 0 Å². The van der Waals surface area contributed by atoms with Gasteiger partial charge in [-0.05, 0) is 12.5 Å². The Balaban J connectivity index is 2.78. The Morgan fingerprint density at radius 2 is 1.62 bits per heavy atom. The monoisotopic (exact) mass is 180 g/mol. The summed E-state index contributed by atoms with van der Waals surface area (Å²) in [5, 5.41) is 0. The molecule has 0 aliphatic rings. The van der Waals surface area contributed by atoms with Gasteiger partial charge in [-0.2, -0.15) is 0 Å². The fourth-order valence-electron chi connectivity index (χ4n) is 1.37. The lowest BCUT2D eigenvalue weighted by atomic mass is 10.1. The molecule has 0 bridgehead atoms. The lowest BCUT2D eigenvalue weighted by molar-refractivity contribution is -0.0277. The summed E-state index contributed by atoms with van der Waals surface area (Å²) in [5.74, 6) is 0. The van der Waals surface area contributed by atoms with E-state index in [2.05, 4.69) is 0 Å². The summed E-state index contributed by atoms with van der Waals surface area (Å²) < 4.78 is 10.6. The van der Waals surface area contributed by atoms with Crippen LogP contribution in [0.15, 0.2) is 30.3 Å². The van der Waals surface area contributed by atoms with Gasteiger partial charge in [0.25, 0.3) is 0 Å². The third kappa shape index (κ3) is 2.54. The average Bonchev–Trinajstić information content (AvgIpc) is 2.20. The summed E-state index contributed by atoms with van der Waals surface area (Å²) in [6, 6.07) is 10.1. The number of rotatable bonds is 4. The Morgan fingerprint density at radius 3 is 2.08 bits per heavy atom. The average molecular weight is 180 g/mol. The Labute approximate surface area is 79.5 Å². The molecule has 0 N–H and O–H groups in total. The maximum Gasteiger partial charge on any atom is 0.108 e. The van der Waals surface area contributed by atoms with E-state index in [1.54, 1.807) is 14.2 Å². The highest BCUT2D eigenvalue weighted by molar-refractivity contribution is 5.18. The van der Waals surface area contributed by atoms with Gasteiger partial charge in [-0.1, -0.05) is 30.3 Å². The van der Waals surface area contributed by atoms with E-state index in [0.29, 0.717) is 0 Å². The molecule has 0 aliphatic heterocycles. The fourth-order valence-corrected chi connectivity index (χ4v) is 1.37. The molecule has 1 rings (SSSR count). The quantitative estimate of drug-likeness (QED) is 0.708. The van der Waals surface area contributed by atoms with Gasteiger partial charge in [0.1, 0.15) is 6.10 Å². The SMILES string of the molecule is CO[C@H](c1ccccc1)[C@@H](C)OC. The summed E-state index contributed by atoms with van der Waals surface area (Å²) in [7, 11) is 3.40. The molecule has 0 saturated carbocycles. The number of methoxy groups -OCH3 is 2. The zero-order chi connectivity index (χ0) is 9.68. The van der Waals surface area contributed by atoms with Crippen molar-refractivity contribution in [2.45, 2.75) is 19.1 Å². The number of hydrogen-bond acceptors (Lipinski definition) is 2. The molecule has 0 unspecified atom stereocenters. The molecule has 2 nitrogen and oxygen atoms in total. The minimum absolute atomic E-state index is 0.0196. The first-order valence-electron chi connectivity index (χ1n) is 4.40. The molecular formula is C11H16O2. The van der Waals surface area contributed by atoms with E-state index < -0.39 is 0 Å². The minimum Gasteiger partial charge on any atom is -0.379 e. The highest BCUT2D eigenvalue weighted by atomic mass is 16.5. The van der Waals surface area contributed by atoms with E-state index in [1.807, 2.05) is 37.3 Å². The van der Waals surface area contributed by atoms with Crippen LogP contribution in [0.25, 0.3) is 0 Å². The summed E-state index contributed by atoms with van der Waals surface area (Å²) in [6.45, 7) is 2.00. The molecule has 0 spiro atoms. The maximum atomic E-state index is 5.36. The van der Waals surface area contributed by atoms with Crippen molar-refractivity contribution in [3.8, 4) is 0 Å². The Bertz CT molecular complexity index is 233. The van der Waals surface area contributed by atoms with Gasteiger partial charge in [0.05, 0.1) is 6.10 Å². The van der Waals surface area contributed by atoms with Crippen molar-refractivity contribution in [3.05, 3.63) is 35.9 Å². The van der Waals surface area contributed by atoms with Gasteiger partial charge in [0, 0.05) is 14.2 Å². The number of hydrogen-bond donors (Lipinski definition) is 0. The molecule has 1 aromatic rings. The second-order valence-corrected chi connectivity index (χ2v) is 3.01. The van der Waals surface area contributed by atoms with Crippen molar-refractivity contribution >= 4 is 0 Å². The van der Waals surface area contributed by atoms with Crippen molar-refractivity contribution in [1.82, 2.24) is 0 Å². The van der Waals surface area contributed by atoms with Gasteiger partial charge in [0.2, 0.25) is 0 Å². The van der Waals surface area contributed by atoms with Gasteiger partial charge in [0.15, 0.2) is 0 Å². The number of benzene rings is 1. The molecule has 0 aromatic heterocycles. The molecule has 13 heavy (non-hydrogen) atoms. The van der Waals surface area contributed by atoms with E-state index in [4.69, 9.17) is 9.47 Å². The predicted molar refractivity (Wildman–Crippen MR) is 52.7 cm³/mol. The third-order valence-electron chi connectivity index (χ3n) is 2.18. The first-order valence-corrected chi connectivity index (χ1v) is 4.40. The van der Waals surface area contributed by atoms with Crippen LogP contribution in [0.3, 0.4) is 0 Å². The van der Waals surface area contributed by atoms with E-state index >= 15 is 0 Å². The second-order valence-electron chi connectivity index (χ2n) is 3.01. The normalized spacial score (nSPS) is 15.3. The standard InChI is InChI=1S/C11H16O2/c1-9(12-2)11(13-3)10-7-5-4-6-8-10/h4-9,11H,1-3H3/t9-,11+/m1/s1. The topological polar surface area (TPSA) is 18.5 Å². The largest absolute Gasteiger partial charge is 0.379 e. The lowest BCUT2D eigenvalue weighted by Gasteiger charge is -2.21. The molecule has 2 atom stereocenters. The van der Waals surface area contributed by atoms with Crippen molar-refractivity contribution < 1.29 is 9.47 Å². The van der Waals surface area contributed by atoms with E-state index in [0.717, 1.165) is 5.56 Å².